The lowest BCUT2D eigenvalue weighted by Gasteiger charge is -2.41. The Morgan fingerprint density at radius 2 is 1.91 bits per heavy atom. The molecule has 1 aromatic carbocycles. The molecule has 3 heterocycles. The van der Waals surface area contributed by atoms with E-state index in [1.54, 1.807) is 0 Å². The summed E-state index contributed by atoms with van der Waals surface area (Å²) < 4.78 is 3.25. The molecule has 2 unspecified atom stereocenters. The molecule has 0 saturated heterocycles. The Kier molecular flexibility index (Phi) is 5.93. The lowest BCUT2D eigenvalue weighted by molar-refractivity contribution is 0.469. The first-order valence-corrected chi connectivity index (χ1v) is 12.6. The first-order chi connectivity index (χ1) is 15.6. The van der Waals surface area contributed by atoms with Crippen LogP contribution in [0.5, 0.6) is 0 Å². The molecule has 1 N–H and O–H groups in total. The third kappa shape index (κ3) is 3.70. The Bertz CT molecular complexity index is 1090. The van der Waals surface area contributed by atoms with Crippen LogP contribution in [-0.2, 0) is 6.42 Å². The van der Waals surface area contributed by atoms with Crippen LogP contribution in [-0.4, -0.2) is 25.8 Å². The molecule has 2 aliphatic rings. The van der Waals surface area contributed by atoms with Gasteiger partial charge in [0.2, 0.25) is 0 Å². The molecule has 7 heteroatoms. The van der Waals surface area contributed by atoms with E-state index >= 15 is 0 Å². The van der Waals surface area contributed by atoms with Crippen LogP contribution in [0.15, 0.2) is 41.1 Å². The summed E-state index contributed by atoms with van der Waals surface area (Å²) in [5.74, 6) is 3.09. The van der Waals surface area contributed by atoms with Crippen LogP contribution in [0.2, 0.25) is 0 Å². The number of benzene rings is 1. The predicted molar refractivity (Wildman–Crippen MR) is 132 cm³/mol. The largest absolute Gasteiger partial charge is 0.363 e. The normalized spacial score (nSPS) is 19.0. The maximum Gasteiger partial charge on any atom is 0.160 e. The molecule has 1 fully saturated rings. The summed E-state index contributed by atoms with van der Waals surface area (Å²) in [5, 5.41) is 12.5. The maximum atomic E-state index is 5.30. The van der Waals surface area contributed by atoms with Crippen molar-refractivity contribution in [3.63, 3.8) is 0 Å². The fourth-order valence-electron chi connectivity index (χ4n) is 5.25. The van der Waals surface area contributed by atoms with E-state index in [1.165, 1.54) is 36.8 Å². The average Bonchev–Trinajstić information content (AvgIpc) is 3.50. The Morgan fingerprint density at radius 1 is 1.16 bits per heavy atom. The number of pyridine rings is 1. The maximum absolute atomic E-state index is 5.30. The summed E-state index contributed by atoms with van der Waals surface area (Å²) in [6.45, 7) is 6.63. The number of hydrogen-bond acceptors (Lipinski definition) is 5. The molecule has 1 saturated carbocycles. The minimum absolute atomic E-state index is 0.162. The zero-order chi connectivity index (χ0) is 22.2. The van der Waals surface area contributed by atoms with Gasteiger partial charge < -0.3 is 10.2 Å². The van der Waals surface area contributed by atoms with Crippen molar-refractivity contribution < 1.29 is 0 Å². The smallest absolute Gasteiger partial charge is 0.160 e. The third-order valence-corrected chi connectivity index (χ3v) is 7.51. The van der Waals surface area contributed by atoms with Gasteiger partial charge in [-0.3, -0.25) is 4.57 Å². The summed E-state index contributed by atoms with van der Waals surface area (Å²) >= 11 is 3.54. The van der Waals surface area contributed by atoms with Crippen molar-refractivity contribution in [3.8, 4) is 5.69 Å². The number of aromatic nitrogens is 4. The quantitative estimate of drug-likeness (QED) is 0.431. The van der Waals surface area contributed by atoms with Gasteiger partial charge in [-0.1, -0.05) is 54.8 Å². The van der Waals surface area contributed by atoms with Gasteiger partial charge in [-0.05, 0) is 61.9 Å². The van der Waals surface area contributed by atoms with Crippen molar-refractivity contribution in [3.05, 3.63) is 58.1 Å². The van der Waals surface area contributed by atoms with Crippen LogP contribution in [0.4, 0.5) is 11.6 Å². The first-order valence-electron chi connectivity index (χ1n) is 11.8. The highest BCUT2D eigenvalue weighted by molar-refractivity contribution is 9.10. The minimum Gasteiger partial charge on any atom is -0.363 e. The summed E-state index contributed by atoms with van der Waals surface area (Å²) in [7, 11) is 0. The molecular weight excluding hydrogens is 464 g/mol. The highest BCUT2D eigenvalue weighted by Crippen LogP contribution is 2.44. The van der Waals surface area contributed by atoms with E-state index in [4.69, 9.17) is 4.98 Å². The Labute approximate surface area is 198 Å². The second-order valence-electron chi connectivity index (χ2n) is 8.94. The van der Waals surface area contributed by atoms with Crippen molar-refractivity contribution in [1.29, 1.82) is 0 Å². The molecular formula is C25H31BrN6. The average molecular weight is 495 g/mol. The second-order valence-corrected chi connectivity index (χ2v) is 9.85. The van der Waals surface area contributed by atoms with E-state index < -0.39 is 0 Å². The van der Waals surface area contributed by atoms with Crippen molar-refractivity contribution in [2.75, 3.05) is 10.2 Å². The van der Waals surface area contributed by atoms with Gasteiger partial charge in [0.15, 0.2) is 11.6 Å². The second kappa shape index (κ2) is 8.85. The standard InChI is InChI=1S/C25H31BrN6/c1-4-17-14-22-24(29-23(17)28-16(3)18-10-12-19(26)13-11-18)32(20-8-6-7-9-20)21(5-2)25-30-27-15-31(22)25/h10-16,20-21H,4-9H2,1-3H3,(H,28,29). The van der Waals surface area contributed by atoms with Crippen LogP contribution in [0.3, 0.4) is 0 Å². The van der Waals surface area contributed by atoms with Crippen molar-refractivity contribution in [2.45, 2.75) is 77.4 Å². The Morgan fingerprint density at radius 3 is 2.59 bits per heavy atom. The first kappa shape index (κ1) is 21.4. The van der Waals surface area contributed by atoms with Crippen LogP contribution in [0.25, 0.3) is 5.69 Å². The van der Waals surface area contributed by atoms with E-state index in [0.29, 0.717) is 6.04 Å². The van der Waals surface area contributed by atoms with Crippen molar-refractivity contribution in [2.24, 2.45) is 0 Å². The summed E-state index contributed by atoms with van der Waals surface area (Å²) in [6.07, 6.45) is 8.77. The molecule has 2 atom stereocenters. The molecule has 32 heavy (non-hydrogen) atoms. The molecule has 0 amide bonds. The van der Waals surface area contributed by atoms with Gasteiger partial charge in [-0.15, -0.1) is 10.2 Å². The number of nitrogens with zero attached hydrogens (tertiary/aromatic N) is 5. The fraction of sp³-hybridized carbons (Fsp3) is 0.480. The van der Waals surface area contributed by atoms with Gasteiger partial charge in [0, 0.05) is 16.6 Å². The van der Waals surface area contributed by atoms with Gasteiger partial charge in [-0.2, -0.15) is 0 Å². The Balaban J connectivity index is 1.59. The summed E-state index contributed by atoms with van der Waals surface area (Å²) in [5.41, 5.74) is 3.57. The van der Waals surface area contributed by atoms with Crippen molar-refractivity contribution >= 4 is 27.6 Å². The molecule has 2 aromatic heterocycles. The fourth-order valence-corrected chi connectivity index (χ4v) is 5.52. The SMILES string of the molecule is CCc1cc2c(nc1NC(C)c1ccc(Br)cc1)N(C1CCCC1)C(CC)c1nncn1-2. The van der Waals surface area contributed by atoms with Crippen LogP contribution >= 0.6 is 15.9 Å². The van der Waals surface area contributed by atoms with E-state index in [9.17, 15) is 0 Å². The number of fused-ring (bicyclic) bond motifs is 3. The predicted octanol–water partition coefficient (Wildman–Crippen LogP) is 6.37. The lowest BCUT2D eigenvalue weighted by Crippen LogP contribution is -2.42. The van der Waals surface area contributed by atoms with Gasteiger partial charge in [0.1, 0.15) is 12.1 Å². The van der Waals surface area contributed by atoms with Crippen LogP contribution < -0.4 is 10.2 Å². The number of aryl methyl sites for hydroxylation is 1. The highest BCUT2D eigenvalue weighted by atomic mass is 79.9. The zero-order valence-electron chi connectivity index (χ0n) is 19.1. The molecule has 0 spiro atoms. The minimum atomic E-state index is 0.162. The molecule has 1 aliphatic carbocycles. The van der Waals surface area contributed by atoms with Gasteiger partial charge in [0.25, 0.3) is 0 Å². The topological polar surface area (TPSA) is 58.9 Å². The van der Waals surface area contributed by atoms with E-state index in [2.05, 4.69) is 92.0 Å². The molecule has 5 rings (SSSR count). The summed E-state index contributed by atoms with van der Waals surface area (Å²) in [6, 6.07) is 11.7. The van der Waals surface area contributed by atoms with Gasteiger partial charge >= 0.3 is 0 Å². The van der Waals surface area contributed by atoms with E-state index in [0.717, 1.165) is 40.5 Å². The molecule has 168 valence electrons. The number of halogens is 1. The van der Waals surface area contributed by atoms with Gasteiger partial charge in [0.05, 0.1) is 11.7 Å². The lowest BCUT2D eigenvalue weighted by atomic mass is 10.0. The van der Waals surface area contributed by atoms with Crippen LogP contribution in [0, 0.1) is 0 Å². The number of anilines is 2. The van der Waals surface area contributed by atoms with E-state index in [-0.39, 0.29) is 12.1 Å². The van der Waals surface area contributed by atoms with E-state index in [1.807, 2.05) is 6.33 Å². The van der Waals surface area contributed by atoms with Gasteiger partial charge in [-0.25, -0.2) is 4.98 Å². The monoisotopic (exact) mass is 494 g/mol. The zero-order valence-corrected chi connectivity index (χ0v) is 20.6. The third-order valence-electron chi connectivity index (χ3n) is 6.98. The number of nitrogens with one attached hydrogen (secondary N) is 1. The molecule has 3 aromatic rings. The highest BCUT2D eigenvalue weighted by Gasteiger charge is 2.38. The molecule has 6 nitrogen and oxygen atoms in total. The molecule has 1 aliphatic heterocycles. The number of hydrogen-bond donors (Lipinski definition) is 1. The van der Waals surface area contributed by atoms with Crippen LogP contribution in [0.1, 0.15) is 81.9 Å². The van der Waals surface area contributed by atoms with Crippen molar-refractivity contribution in [1.82, 2.24) is 19.7 Å². The summed E-state index contributed by atoms with van der Waals surface area (Å²) in [4.78, 5) is 7.86. The Hall–Kier alpha value is -2.41. The molecule has 0 radical (unpaired) electrons. The number of rotatable bonds is 6. The molecule has 0 bridgehead atoms.